The maximum atomic E-state index is 4.75. The number of nitrogens with one attached hydrogen (secondary N) is 1. The van der Waals surface area contributed by atoms with Gasteiger partial charge in [0.15, 0.2) is 5.13 Å². The normalized spacial score (nSPS) is 14.7. The van der Waals surface area contributed by atoms with E-state index in [1.54, 1.807) is 17.7 Å². The van der Waals surface area contributed by atoms with E-state index in [4.69, 9.17) is 4.98 Å². The van der Waals surface area contributed by atoms with Crippen molar-refractivity contribution >= 4 is 38.2 Å². The molecule has 22 heavy (non-hydrogen) atoms. The van der Waals surface area contributed by atoms with Gasteiger partial charge < -0.3 is 10.2 Å². The summed E-state index contributed by atoms with van der Waals surface area (Å²) in [6, 6.07) is 8.20. The summed E-state index contributed by atoms with van der Waals surface area (Å²) in [5, 5.41) is 4.47. The van der Waals surface area contributed by atoms with Gasteiger partial charge in [0.05, 0.1) is 10.2 Å². The molecule has 0 bridgehead atoms. The van der Waals surface area contributed by atoms with E-state index in [0.29, 0.717) is 0 Å². The highest BCUT2D eigenvalue weighted by Gasteiger charge is 2.16. The van der Waals surface area contributed by atoms with Crippen LogP contribution >= 0.6 is 11.3 Å². The SMILES string of the molecule is Cc1cc(Nc2ccc3nc(N4CCCC4)sc3c2)ncn1. The van der Waals surface area contributed by atoms with Crippen molar-refractivity contribution in [1.29, 1.82) is 0 Å². The number of thiazole rings is 1. The van der Waals surface area contributed by atoms with Crippen molar-refractivity contribution in [3.63, 3.8) is 0 Å². The first-order valence-corrected chi connectivity index (χ1v) is 8.31. The minimum atomic E-state index is 0.816. The fraction of sp³-hybridized carbons (Fsp3) is 0.312. The topological polar surface area (TPSA) is 53.9 Å². The zero-order valence-electron chi connectivity index (χ0n) is 12.4. The molecule has 112 valence electrons. The highest BCUT2D eigenvalue weighted by atomic mass is 32.1. The van der Waals surface area contributed by atoms with Crippen LogP contribution in [0.5, 0.6) is 0 Å². The third kappa shape index (κ3) is 2.62. The van der Waals surface area contributed by atoms with Crippen LogP contribution in [0.4, 0.5) is 16.6 Å². The summed E-state index contributed by atoms with van der Waals surface area (Å²) in [6.07, 6.45) is 4.12. The van der Waals surface area contributed by atoms with Gasteiger partial charge in [-0.25, -0.2) is 15.0 Å². The summed E-state index contributed by atoms with van der Waals surface area (Å²) in [6.45, 7) is 4.22. The fourth-order valence-corrected chi connectivity index (χ4v) is 3.76. The lowest BCUT2D eigenvalue weighted by Crippen LogP contribution is -2.16. The van der Waals surface area contributed by atoms with Crippen LogP contribution in [0.25, 0.3) is 10.2 Å². The Labute approximate surface area is 133 Å². The lowest BCUT2D eigenvalue weighted by molar-refractivity contribution is 0.949. The van der Waals surface area contributed by atoms with Gasteiger partial charge in [0.1, 0.15) is 12.1 Å². The fourth-order valence-electron chi connectivity index (χ4n) is 2.70. The Kier molecular flexibility index (Phi) is 3.38. The van der Waals surface area contributed by atoms with E-state index >= 15 is 0 Å². The smallest absolute Gasteiger partial charge is 0.186 e. The van der Waals surface area contributed by atoms with Gasteiger partial charge in [0.25, 0.3) is 0 Å². The molecule has 1 aromatic carbocycles. The second-order valence-electron chi connectivity index (χ2n) is 5.54. The molecule has 1 fully saturated rings. The van der Waals surface area contributed by atoms with E-state index in [-0.39, 0.29) is 0 Å². The predicted octanol–water partition coefficient (Wildman–Crippen LogP) is 3.74. The molecule has 0 spiro atoms. The van der Waals surface area contributed by atoms with Gasteiger partial charge in [-0.2, -0.15) is 0 Å². The second-order valence-corrected chi connectivity index (χ2v) is 6.55. The van der Waals surface area contributed by atoms with E-state index in [2.05, 4.69) is 32.3 Å². The molecule has 5 nitrogen and oxygen atoms in total. The Hall–Kier alpha value is -2.21. The van der Waals surface area contributed by atoms with Crippen molar-refractivity contribution in [3.05, 3.63) is 36.3 Å². The predicted molar refractivity (Wildman–Crippen MR) is 91.1 cm³/mol. The summed E-state index contributed by atoms with van der Waals surface area (Å²) in [5.41, 5.74) is 3.05. The Balaban J connectivity index is 1.62. The average Bonchev–Trinajstić information content (AvgIpc) is 3.16. The molecule has 0 unspecified atom stereocenters. The highest BCUT2D eigenvalue weighted by Crippen LogP contribution is 2.32. The van der Waals surface area contributed by atoms with Crippen molar-refractivity contribution in [2.45, 2.75) is 19.8 Å². The number of rotatable bonds is 3. The van der Waals surface area contributed by atoms with Gasteiger partial charge in [0.2, 0.25) is 0 Å². The van der Waals surface area contributed by atoms with Gasteiger partial charge in [-0.15, -0.1) is 0 Å². The Bertz CT molecular complexity index is 807. The number of fused-ring (bicyclic) bond motifs is 1. The maximum absolute atomic E-state index is 4.75. The van der Waals surface area contributed by atoms with Crippen LogP contribution in [0.1, 0.15) is 18.5 Å². The number of anilines is 3. The molecule has 3 heterocycles. The van der Waals surface area contributed by atoms with E-state index in [1.165, 1.54) is 17.5 Å². The van der Waals surface area contributed by atoms with Crippen LogP contribution in [0.2, 0.25) is 0 Å². The molecule has 1 aliphatic heterocycles. The van der Waals surface area contributed by atoms with Crippen LogP contribution < -0.4 is 10.2 Å². The van der Waals surface area contributed by atoms with E-state index < -0.39 is 0 Å². The van der Waals surface area contributed by atoms with E-state index in [1.807, 2.05) is 19.1 Å². The third-order valence-electron chi connectivity index (χ3n) is 3.83. The molecule has 0 amide bonds. The molecule has 4 rings (SSSR count). The highest BCUT2D eigenvalue weighted by molar-refractivity contribution is 7.22. The molecule has 1 N–H and O–H groups in total. The number of benzene rings is 1. The van der Waals surface area contributed by atoms with Crippen molar-refractivity contribution in [2.24, 2.45) is 0 Å². The Morgan fingerprint density at radius 3 is 2.82 bits per heavy atom. The quantitative estimate of drug-likeness (QED) is 0.798. The number of nitrogens with zero attached hydrogens (tertiary/aromatic N) is 4. The Morgan fingerprint density at radius 2 is 2.00 bits per heavy atom. The summed E-state index contributed by atoms with van der Waals surface area (Å²) < 4.78 is 1.21. The molecule has 2 aromatic heterocycles. The molecule has 1 saturated heterocycles. The first-order chi connectivity index (χ1) is 10.8. The molecule has 6 heteroatoms. The van der Waals surface area contributed by atoms with E-state index in [0.717, 1.165) is 40.9 Å². The van der Waals surface area contributed by atoms with Gasteiger partial charge in [-0.1, -0.05) is 11.3 Å². The van der Waals surface area contributed by atoms with Gasteiger partial charge >= 0.3 is 0 Å². The molecule has 0 atom stereocenters. The largest absolute Gasteiger partial charge is 0.348 e. The molecular weight excluding hydrogens is 294 g/mol. The van der Waals surface area contributed by atoms with Crippen molar-refractivity contribution in [1.82, 2.24) is 15.0 Å². The van der Waals surface area contributed by atoms with Crippen molar-refractivity contribution in [3.8, 4) is 0 Å². The minimum Gasteiger partial charge on any atom is -0.348 e. The lowest BCUT2D eigenvalue weighted by atomic mass is 10.3. The molecule has 3 aromatic rings. The summed E-state index contributed by atoms with van der Waals surface area (Å²) >= 11 is 1.76. The van der Waals surface area contributed by atoms with Gasteiger partial charge in [0, 0.05) is 30.5 Å². The number of aromatic nitrogens is 3. The van der Waals surface area contributed by atoms with E-state index in [9.17, 15) is 0 Å². The Morgan fingerprint density at radius 1 is 1.14 bits per heavy atom. The zero-order valence-corrected chi connectivity index (χ0v) is 13.2. The molecule has 0 saturated carbocycles. The molecule has 0 radical (unpaired) electrons. The second kappa shape index (κ2) is 5.53. The van der Waals surface area contributed by atoms with Crippen LogP contribution in [0.3, 0.4) is 0 Å². The number of hydrogen-bond donors (Lipinski definition) is 1. The monoisotopic (exact) mass is 311 g/mol. The number of hydrogen-bond acceptors (Lipinski definition) is 6. The maximum Gasteiger partial charge on any atom is 0.186 e. The summed E-state index contributed by atoms with van der Waals surface area (Å²) in [5.74, 6) is 0.816. The average molecular weight is 311 g/mol. The van der Waals surface area contributed by atoms with Gasteiger partial charge in [-0.05, 0) is 38.0 Å². The third-order valence-corrected chi connectivity index (χ3v) is 4.91. The first kappa shape index (κ1) is 13.5. The van der Waals surface area contributed by atoms with Crippen LogP contribution in [0, 0.1) is 6.92 Å². The molecule has 0 aliphatic carbocycles. The van der Waals surface area contributed by atoms with Gasteiger partial charge in [-0.3, -0.25) is 0 Å². The lowest BCUT2D eigenvalue weighted by Gasteiger charge is -2.11. The van der Waals surface area contributed by atoms with Crippen LogP contribution in [0.15, 0.2) is 30.6 Å². The van der Waals surface area contributed by atoms with Crippen LogP contribution in [-0.4, -0.2) is 28.0 Å². The summed E-state index contributed by atoms with van der Waals surface area (Å²) in [4.78, 5) is 15.5. The minimum absolute atomic E-state index is 0.816. The van der Waals surface area contributed by atoms with Crippen molar-refractivity contribution < 1.29 is 0 Å². The number of aryl methyl sites for hydroxylation is 1. The first-order valence-electron chi connectivity index (χ1n) is 7.49. The molecule has 1 aliphatic rings. The zero-order chi connectivity index (χ0) is 14.9. The standard InChI is InChI=1S/C16H17N5S/c1-11-8-15(18-10-17-11)19-12-4-5-13-14(9-12)22-16(20-13)21-6-2-3-7-21/h4-5,8-10H,2-3,6-7H2,1H3,(H,17,18,19). The summed E-state index contributed by atoms with van der Waals surface area (Å²) in [7, 11) is 0. The van der Waals surface area contributed by atoms with Crippen LogP contribution in [-0.2, 0) is 0 Å². The molecular formula is C16H17N5S. The van der Waals surface area contributed by atoms with Crippen molar-refractivity contribution in [2.75, 3.05) is 23.3 Å².